The molecule has 2 fully saturated rings. The van der Waals surface area contributed by atoms with Gasteiger partial charge in [-0.05, 0) is 12.1 Å². The fourth-order valence-corrected chi connectivity index (χ4v) is 3.47. The summed E-state index contributed by atoms with van der Waals surface area (Å²) in [5, 5.41) is 12.7. The first-order valence-corrected chi connectivity index (χ1v) is 7.66. The molecule has 23 heavy (non-hydrogen) atoms. The number of nitrogens with zero attached hydrogens (tertiary/aromatic N) is 3. The molecule has 7 nitrogen and oxygen atoms in total. The molecule has 1 spiro atoms. The number of ether oxygens (including phenoxy) is 2. The van der Waals surface area contributed by atoms with E-state index in [-0.39, 0.29) is 16.2 Å². The van der Waals surface area contributed by atoms with Gasteiger partial charge in [0, 0.05) is 55.7 Å². The van der Waals surface area contributed by atoms with E-state index in [1.807, 2.05) is 12.1 Å². The number of benzene rings is 1. The molecule has 0 saturated carbocycles. The lowest BCUT2D eigenvalue weighted by molar-refractivity contribution is -0.383. The second-order valence-corrected chi connectivity index (χ2v) is 6.04. The number of fused-ring (bicyclic) bond motifs is 1. The van der Waals surface area contributed by atoms with Gasteiger partial charge in [-0.2, -0.15) is 0 Å². The van der Waals surface area contributed by atoms with Crippen LogP contribution < -0.4 is 4.90 Å². The molecule has 2 aliphatic rings. The summed E-state index contributed by atoms with van der Waals surface area (Å²) in [6.07, 6.45) is 4.12. The summed E-state index contributed by atoms with van der Waals surface area (Å²) in [6.45, 7) is 3.46. The van der Waals surface area contributed by atoms with E-state index >= 15 is 0 Å². The van der Waals surface area contributed by atoms with Crippen LogP contribution in [0.3, 0.4) is 0 Å². The van der Waals surface area contributed by atoms with Gasteiger partial charge in [-0.15, -0.1) is 0 Å². The van der Waals surface area contributed by atoms with Gasteiger partial charge >= 0.3 is 0 Å². The molecule has 1 unspecified atom stereocenters. The van der Waals surface area contributed by atoms with Crippen LogP contribution in [0.2, 0.25) is 0 Å². The van der Waals surface area contributed by atoms with Gasteiger partial charge in [0.1, 0.15) is 5.60 Å². The number of nitro benzene ring substituents is 1. The van der Waals surface area contributed by atoms with Crippen LogP contribution in [0.5, 0.6) is 0 Å². The largest absolute Gasteiger partial charge is 0.378 e. The molecule has 1 aromatic heterocycles. The van der Waals surface area contributed by atoms with Crippen LogP contribution >= 0.6 is 0 Å². The SMILES string of the molecule is O=[N+]([O-])c1ccc(N2CCOC3(CCOC3)C2)c2ccncc12. The first-order chi connectivity index (χ1) is 11.2. The first-order valence-electron chi connectivity index (χ1n) is 7.66. The Morgan fingerprint density at radius 2 is 2.17 bits per heavy atom. The maximum absolute atomic E-state index is 11.2. The molecule has 3 heterocycles. The normalized spacial score (nSPS) is 24.4. The summed E-state index contributed by atoms with van der Waals surface area (Å²) in [6, 6.07) is 5.23. The molecule has 1 atom stereocenters. The Bertz CT molecular complexity index is 758. The second-order valence-electron chi connectivity index (χ2n) is 6.04. The molecule has 2 aliphatic heterocycles. The first kappa shape index (κ1) is 14.3. The van der Waals surface area contributed by atoms with E-state index in [0.717, 1.165) is 37.2 Å². The molecular formula is C16H17N3O4. The Hall–Kier alpha value is -2.25. The van der Waals surface area contributed by atoms with E-state index < -0.39 is 0 Å². The van der Waals surface area contributed by atoms with Crippen molar-refractivity contribution in [3.8, 4) is 0 Å². The Labute approximate surface area is 133 Å². The van der Waals surface area contributed by atoms with Crippen molar-refractivity contribution in [2.75, 3.05) is 37.8 Å². The third-order valence-corrected chi connectivity index (χ3v) is 4.63. The molecule has 1 aromatic carbocycles. The van der Waals surface area contributed by atoms with Crippen molar-refractivity contribution < 1.29 is 14.4 Å². The average molecular weight is 315 g/mol. The van der Waals surface area contributed by atoms with Crippen LogP contribution in [-0.2, 0) is 9.47 Å². The maximum atomic E-state index is 11.2. The predicted octanol–water partition coefficient (Wildman–Crippen LogP) is 2.14. The van der Waals surface area contributed by atoms with Gasteiger partial charge < -0.3 is 14.4 Å². The average Bonchev–Trinajstić information content (AvgIpc) is 3.01. The van der Waals surface area contributed by atoms with E-state index in [1.54, 1.807) is 18.5 Å². The van der Waals surface area contributed by atoms with Crippen LogP contribution in [0.15, 0.2) is 30.6 Å². The maximum Gasteiger partial charge on any atom is 0.278 e. The van der Waals surface area contributed by atoms with Gasteiger partial charge in [0.25, 0.3) is 5.69 Å². The quantitative estimate of drug-likeness (QED) is 0.624. The number of hydrogen-bond acceptors (Lipinski definition) is 6. The van der Waals surface area contributed by atoms with Crippen LogP contribution in [0.4, 0.5) is 11.4 Å². The highest BCUT2D eigenvalue weighted by Crippen LogP contribution is 2.36. The standard InChI is InChI=1S/C16H17N3O4/c20-19(21)15-2-1-14(12-3-5-17-9-13(12)15)18-6-8-23-16(10-18)4-7-22-11-16/h1-3,5,9H,4,6-8,10-11H2. The van der Waals surface area contributed by atoms with Gasteiger partial charge in [-0.3, -0.25) is 15.1 Å². The highest BCUT2D eigenvalue weighted by molar-refractivity contribution is 5.99. The molecule has 2 aromatic rings. The molecule has 0 N–H and O–H groups in total. The fourth-order valence-electron chi connectivity index (χ4n) is 3.47. The van der Waals surface area contributed by atoms with Gasteiger partial charge in [-0.1, -0.05) is 0 Å². The summed E-state index contributed by atoms with van der Waals surface area (Å²) in [7, 11) is 0. The summed E-state index contributed by atoms with van der Waals surface area (Å²) < 4.78 is 11.5. The lowest BCUT2D eigenvalue weighted by Crippen LogP contribution is -2.52. The van der Waals surface area contributed by atoms with Crippen molar-refractivity contribution >= 4 is 22.1 Å². The number of anilines is 1. The van der Waals surface area contributed by atoms with Crippen LogP contribution in [0, 0.1) is 10.1 Å². The molecule has 2 saturated heterocycles. The summed E-state index contributed by atoms with van der Waals surface area (Å²) >= 11 is 0. The van der Waals surface area contributed by atoms with E-state index in [4.69, 9.17) is 9.47 Å². The third kappa shape index (κ3) is 2.42. The van der Waals surface area contributed by atoms with Crippen LogP contribution in [-0.4, -0.2) is 48.4 Å². The number of non-ortho nitro benzene ring substituents is 1. The molecule has 120 valence electrons. The molecule has 0 aliphatic carbocycles. The Kier molecular flexibility index (Phi) is 3.39. The number of aromatic nitrogens is 1. The van der Waals surface area contributed by atoms with Crippen molar-refractivity contribution in [2.45, 2.75) is 12.0 Å². The molecule has 4 rings (SSSR count). The van der Waals surface area contributed by atoms with Crippen molar-refractivity contribution in [3.63, 3.8) is 0 Å². The smallest absolute Gasteiger partial charge is 0.278 e. The summed E-state index contributed by atoms with van der Waals surface area (Å²) in [4.78, 5) is 17.2. The van der Waals surface area contributed by atoms with E-state index in [2.05, 4.69) is 9.88 Å². The van der Waals surface area contributed by atoms with Crippen LogP contribution in [0.25, 0.3) is 10.8 Å². The van der Waals surface area contributed by atoms with Gasteiger partial charge in [0.05, 0.1) is 23.5 Å². The van der Waals surface area contributed by atoms with Crippen LogP contribution in [0.1, 0.15) is 6.42 Å². The number of nitro groups is 1. The number of morpholine rings is 1. The van der Waals surface area contributed by atoms with Gasteiger partial charge in [0.15, 0.2) is 0 Å². The Morgan fingerprint density at radius 3 is 2.96 bits per heavy atom. The molecular weight excluding hydrogens is 298 g/mol. The minimum absolute atomic E-state index is 0.0871. The van der Waals surface area contributed by atoms with Crippen molar-refractivity contribution in [2.24, 2.45) is 0 Å². The van der Waals surface area contributed by atoms with Crippen molar-refractivity contribution in [3.05, 3.63) is 40.7 Å². The predicted molar refractivity (Wildman–Crippen MR) is 84.7 cm³/mol. The minimum Gasteiger partial charge on any atom is -0.378 e. The van der Waals surface area contributed by atoms with Gasteiger partial charge in [-0.25, -0.2) is 0 Å². The number of hydrogen-bond donors (Lipinski definition) is 0. The molecule has 0 radical (unpaired) electrons. The summed E-state index contributed by atoms with van der Waals surface area (Å²) in [5.41, 5.74) is 0.825. The Balaban J connectivity index is 1.77. The second kappa shape index (κ2) is 5.43. The highest BCUT2D eigenvalue weighted by Gasteiger charge is 2.40. The minimum atomic E-state index is -0.362. The lowest BCUT2D eigenvalue weighted by Gasteiger charge is -2.41. The molecule has 0 bridgehead atoms. The summed E-state index contributed by atoms with van der Waals surface area (Å²) in [5.74, 6) is 0. The number of pyridine rings is 1. The Morgan fingerprint density at radius 1 is 1.26 bits per heavy atom. The topological polar surface area (TPSA) is 77.7 Å². The zero-order chi connectivity index (χ0) is 15.9. The van der Waals surface area contributed by atoms with Crippen molar-refractivity contribution in [1.29, 1.82) is 0 Å². The lowest BCUT2D eigenvalue weighted by atomic mass is 9.99. The number of rotatable bonds is 2. The zero-order valence-electron chi connectivity index (χ0n) is 12.6. The zero-order valence-corrected chi connectivity index (χ0v) is 12.6. The monoisotopic (exact) mass is 315 g/mol. The van der Waals surface area contributed by atoms with E-state index in [1.165, 1.54) is 0 Å². The molecule has 7 heteroatoms. The molecule has 0 amide bonds. The van der Waals surface area contributed by atoms with E-state index in [0.29, 0.717) is 18.6 Å². The fraction of sp³-hybridized carbons (Fsp3) is 0.438. The van der Waals surface area contributed by atoms with E-state index in [9.17, 15) is 10.1 Å². The highest BCUT2D eigenvalue weighted by atomic mass is 16.6. The van der Waals surface area contributed by atoms with Gasteiger partial charge in [0.2, 0.25) is 0 Å². The van der Waals surface area contributed by atoms with Crippen molar-refractivity contribution in [1.82, 2.24) is 4.98 Å². The third-order valence-electron chi connectivity index (χ3n) is 4.63.